The molecule has 2 aromatic rings. The molecule has 1 aromatic carbocycles. The van der Waals surface area contributed by atoms with Crippen molar-refractivity contribution in [1.29, 1.82) is 5.26 Å². The average Bonchev–Trinajstić information content (AvgIpc) is 2.58. The Morgan fingerprint density at radius 2 is 1.84 bits per heavy atom. The number of benzene rings is 1. The highest BCUT2D eigenvalue weighted by atomic mass is 32.2. The number of hydrogen-bond acceptors (Lipinski definition) is 4. The molecule has 1 aromatic heterocycles. The predicted octanol–water partition coefficient (Wildman–Crippen LogP) is 4.41. The maximum absolute atomic E-state index is 12.8. The van der Waals surface area contributed by atoms with Gasteiger partial charge in [0.1, 0.15) is 11.1 Å². The summed E-state index contributed by atoms with van der Waals surface area (Å²) in [5.74, 6) is 0.254. The number of carbonyl (C=O) groups is 1. The van der Waals surface area contributed by atoms with E-state index in [-0.39, 0.29) is 17.7 Å². The first-order valence-corrected chi connectivity index (χ1v) is 9.23. The minimum atomic E-state index is 0.00720. The van der Waals surface area contributed by atoms with E-state index in [0.717, 1.165) is 22.5 Å². The van der Waals surface area contributed by atoms with Crippen molar-refractivity contribution >= 4 is 23.4 Å². The van der Waals surface area contributed by atoms with Gasteiger partial charge in [0.25, 0.3) is 0 Å². The van der Waals surface area contributed by atoms with E-state index in [1.807, 2.05) is 65.0 Å². The van der Waals surface area contributed by atoms with Gasteiger partial charge >= 0.3 is 0 Å². The first-order chi connectivity index (χ1) is 11.9. The van der Waals surface area contributed by atoms with Crippen LogP contribution in [0.4, 0.5) is 5.69 Å². The number of aromatic nitrogens is 1. The summed E-state index contributed by atoms with van der Waals surface area (Å²) in [6.45, 7) is 9.82. The number of nitriles is 1. The molecule has 0 aliphatic rings. The number of hydrogen-bond donors (Lipinski definition) is 0. The Bertz CT molecular complexity index is 810. The Kier molecular flexibility index (Phi) is 6.22. The molecule has 0 atom stereocenters. The molecule has 25 heavy (non-hydrogen) atoms. The molecular formula is C20H23N3OS. The van der Waals surface area contributed by atoms with Crippen molar-refractivity contribution in [3.05, 3.63) is 52.7 Å². The Labute approximate surface area is 153 Å². The Balaban J connectivity index is 2.23. The number of pyridine rings is 1. The van der Waals surface area contributed by atoms with Crippen LogP contribution in [0.1, 0.15) is 36.2 Å². The van der Waals surface area contributed by atoms with E-state index in [4.69, 9.17) is 0 Å². The van der Waals surface area contributed by atoms with Gasteiger partial charge in [-0.2, -0.15) is 5.26 Å². The van der Waals surface area contributed by atoms with Gasteiger partial charge in [-0.05, 0) is 57.9 Å². The normalized spacial score (nSPS) is 10.6. The highest BCUT2D eigenvalue weighted by Gasteiger charge is 2.20. The molecule has 0 N–H and O–H groups in total. The molecule has 130 valence electrons. The molecule has 0 fully saturated rings. The third-order valence-electron chi connectivity index (χ3n) is 4.23. The Hall–Kier alpha value is -2.32. The van der Waals surface area contributed by atoms with Gasteiger partial charge in [0.15, 0.2) is 0 Å². The second kappa shape index (κ2) is 8.17. The third-order valence-corrected chi connectivity index (χ3v) is 5.19. The molecule has 1 amide bonds. The zero-order valence-corrected chi connectivity index (χ0v) is 16.1. The van der Waals surface area contributed by atoms with Crippen LogP contribution in [0.2, 0.25) is 0 Å². The number of para-hydroxylation sites is 1. The largest absolute Gasteiger partial charge is 0.309 e. The summed E-state index contributed by atoms with van der Waals surface area (Å²) in [4.78, 5) is 19.1. The number of aryl methyl sites for hydroxylation is 1. The minimum absolute atomic E-state index is 0.00720. The van der Waals surface area contributed by atoms with Crippen LogP contribution in [0.25, 0.3) is 0 Å². The molecule has 0 radical (unpaired) electrons. The standard InChI is InChI=1S/C20H23N3OS/c1-13(2)23(17-9-7-6-8-10-17)19(24)12-25-20-18(11-21)15(4)14(3)16(5)22-20/h6-10,13H,12H2,1-5H3. The fraction of sp³-hybridized carbons (Fsp3) is 0.350. The first kappa shape index (κ1) is 19.0. The smallest absolute Gasteiger partial charge is 0.237 e. The molecule has 1 heterocycles. The molecule has 0 saturated heterocycles. The van der Waals surface area contributed by atoms with Gasteiger partial charge < -0.3 is 4.90 Å². The molecular weight excluding hydrogens is 330 g/mol. The van der Waals surface area contributed by atoms with Crippen molar-refractivity contribution in [2.24, 2.45) is 0 Å². The Morgan fingerprint density at radius 1 is 1.20 bits per heavy atom. The van der Waals surface area contributed by atoms with Crippen LogP contribution in [0.15, 0.2) is 35.4 Å². The van der Waals surface area contributed by atoms with Crippen molar-refractivity contribution in [2.45, 2.75) is 45.7 Å². The molecule has 0 aliphatic carbocycles. The van der Waals surface area contributed by atoms with E-state index in [1.54, 1.807) is 4.90 Å². The van der Waals surface area contributed by atoms with Gasteiger partial charge in [-0.3, -0.25) is 4.79 Å². The number of anilines is 1. The molecule has 4 nitrogen and oxygen atoms in total. The maximum atomic E-state index is 12.8. The summed E-state index contributed by atoms with van der Waals surface area (Å²) >= 11 is 1.33. The number of amides is 1. The lowest BCUT2D eigenvalue weighted by Crippen LogP contribution is -2.38. The summed E-state index contributed by atoms with van der Waals surface area (Å²) in [6.07, 6.45) is 0. The van der Waals surface area contributed by atoms with Crippen LogP contribution in [-0.4, -0.2) is 22.7 Å². The van der Waals surface area contributed by atoms with E-state index in [0.29, 0.717) is 10.6 Å². The summed E-state index contributed by atoms with van der Waals surface area (Å²) < 4.78 is 0. The van der Waals surface area contributed by atoms with E-state index >= 15 is 0 Å². The first-order valence-electron chi connectivity index (χ1n) is 8.24. The summed E-state index contributed by atoms with van der Waals surface area (Å²) in [5, 5.41) is 10.1. The zero-order valence-electron chi connectivity index (χ0n) is 15.3. The molecule has 0 unspecified atom stereocenters. The number of thioether (sulfide) groups is 1. The summed E-state index contributed by atoms with van der Waals surface area (Å²) in [5.41, 5.74) is 4.31. The number of nitrogens with zero attached hydrogens (tertiary/aromatic N) is 3. The second-order valence-electron chi connectivity index (χ2n) is 6.22. The van der Waals surface area contributed by atoms with Crippen molar-refractivity contribution < 1.29 is 4.79 Å². The van der Waals surface area contributed by atoms with E-state index in [2.05, 4.69) is 11.1 Å². The van der Waals surface area contributed by atoms with Crippen LogP contribution in [0.3, 0.4) is 0 Å². The lowest BCUT2D eigenvalue weighted by molar-refractivity contribution is -0.116. The number of rotatable bonds is 5. The molecule has 0 spiro atoms. The third kappa shape index (κ3) is 4.21. The van der Waals surface area contributed by atoms with Gasteiger partial charge in [-0.1, -0.05) is 30.0 Å². The SMILES string of the molecule is Cc1nc(SCC(=O)N(c2ccccc2)C(C)C)c(C#N)c(C)c1C. The average molecular weight is 353 g/mol. The van der Waals surface area contributed by atoms with Crippen molar-refractivity contribution in [3.8, 4) is 6.07 Å². The van der Waals surface area contributed by atoms with E-state index in [1.165, 1.54) is 11.8 Å². The Morgan fingerprint density at radius 3 is 2.40 bits per heavy atom. The van der Waals surface area contributed by atoms with Gasteiger partial charge in [-0.15, -0.1) is 0 Å². The van der Waals surface area contributed by atoms with Gasteiger partial charge in [0.05, 0.1) is 11.3 Å². The van der Waals surface area contributed by atoms with Gasteiger partial charge in [0, 0.05) is 17.4 Å². The monoisotopic (exact) mass is 353 g/mol. The van der Waals surface area contributed by atoms with Crippen molar-refractivity contribution in [3.63, 3.8) is 0 Å². The fourth-order valence-electron chi connectivity index (χ4n) is 2.67. The lowest BCUT2D eigenvalue weighted by Gasteiger charge is -2.27. The molecule has 2 rings (SSSR count). The van der Waals surface area contributed by atoms with E-state index in [9.17, 15) is 10.1 Å². The van der Waals surface area contributed by atoms with Crippen LogP contribution >= 0.6 is 11.8 Å². The van der Waals surface area contributed by atoms with Crippen molar-refractivity contribution in [1.82, 2.24) is 4.98 Å². The molecule has 5 heteroatoms. The van der Waals surface area contributed by atoms with E-state index < -0.39 is 0 Å². The van der Waals surface area contributed by atoms with Crippen LogP contribution < -0.4 is 4.90 Å². The minimum Gasteiger partial charge on any atom is -0.309 e. The van der Waals surface area contributed by atoms with Crippen LogP contribution in [0, 0.1) is 32.1 Å². The van der Waals surface area contributed by atoms with Crippen LogP contribution in [0.5, 0.6) is 0 Å². The zero-order chi connectivity index (χ0) is 18.6. The van der Waals surface area contributed by atoms with Gasteiger partial charge in [0.2, 0.25) is 5.91 Å². The number of carbonyl (C=O) groups excluding carboxylic acids is 1. The summed E-state index contributed by atoms with van der Waals surface area (Å²) in [6, 6.07) is 11.9. The predicted molar refractivity (Wildman–Crippen MR) is 103 cm³/mol. The lowest BCUT2D eigenvalue weighted by atomic mass is 10.1. The highest BCUT2D eigenvalue weighted by Crippen LogP contribution is 2.27. The highest BCUT2D eigenvalue weighted by molar-refractivity contribution is 8.00. The summed E-state index contributed by atoms with van der Waals surface area (Å²) in [7, 11) is 0. The molecule has 0 saturated carbocycles. The van der Waals surface area contributed by atoms with Gasteiger partial charge in [-0.25, -0.2) is 4.98 Å². The fourth-order valence-corrected chi connectivity index (χ4v) is 3.61. The topological polar surface area (TPSA) is 57.0 Å². The molecule has 0 aliphatic heterocycles. The van der Waals surface area contributed by atoms with Crippen molar-refractivity contribution in [2.75, 3.05) is 10.7 Å². The second-order valence-corrected chi connectivity index (χ2v) is 7.18. The maximum Gasteiger partial charge on any atom is 0.237 e. The molecule has 0 bridgehead atoms. The quantitative estimate of drug-likeness (QED) is 0.747. The van der Waals surface area contributed by atoms with Crippen LogP contribution in [-0.2, 0) is 4.79 Å².